The maximum atomic E-state index is 6.11. The molecule has 0 aromatic heterocycles. The van der Waals surface area contributed by atoms with Gasteiger partial charge in [0.2, 0.25) is 0 Å². The van der Waals surface area contributed by atoms with E-state index in [-0.39, 0.29) is 6.10 Å². The Morgan fingerprint density at radius 2 is 1.90 bits per heavy atom. The molecular weight excluding hydrogens is 362 g/mol. The molecule has 0 bridgehead atoms. The molecule has 5 heteroatoms. The third-order valence-corrected chi connectivity index (χ3v) is 5.27. The lowest BCUT2D eigenvalue weighted by Gasteiger charge is -2.31. The fraction of sp³-hybridized carbons (Fsp3) is 0.458. The van der Waals surface area contributed by atoms with E-state index in [2.05, 4.69) is 60.0 Å². The van der Waals surface area contributed by atoms with Gasteiger partial charge in [0.25, 0.3) is 0 Å². The Labute approximate surface area is 174 Å². The lowest BCUT2D eigenvalue weighted by Crippen LogP contribution is -2.39. The van der Waals surface area contributed by atoms with Crippen LogP contribution in [-0.4, -0.2) is 39.3 Å². The fourth-order valence-electron chi connectivity index (χ4n) is 3.71. The average molecular weight is 396 g/mol. The molecule has 29 heavy (non-hydrogen) atoms. The molecule has 2 atom stereocenters. The molecule has 0 radical (unpaired) electrons. The fourth-order valence-corrected chi connectivity index (χ4v) is 3.71. The van der Waals surface area contributed by atoms with Crippen LogP contribution in [0.3, 0.4) is 0 Å². The predicted octanol–water partition coefficient (Wildman–Crippen LogP) is 3.96. The van der Waals surface area contributed by atoms with E-state index < -0.39 is 0 Å². The first kappa shape index (κ1) is 21.2. The maximum Gasteiger partial charge on any atom is 0.191 e. The van der Waals surface area contributed by atoms with Crippen molar-refractivity contribution in [2.45, 2.75) is 32.3 Å². The normalized spacial score (nSPS) is 19.6. The van der Waals surface area contributed by atoms with Gasteiger partial charge in [-0.2, -0.15) is 0 Å². The topological polar surface area (TPSA) is 54.9 Å². The molecule has 1 aliphatic heterocycles. The summed E-state index contributed by atoms with van der Waals surface area (Å²) in [6.07, 6.45) is 3.32. The molecule has 0 aliphatic carbocycles. The first-order valence-corrected chi connectivity index (χ1v) is 10.6. The van der Waals surface area contributed by atoms with Gasteiger partial charge in [-0.25, -0.2) is 0 Å². The summed E-state index contributed by atoms with van der Waals surface area (Å²) in [5.41, 5.74) is 2.53. The van der Waals surface area contributed by atoms with Crippen LogP contribution >= 0.6 is 0 Å². The summed E-state index contributed by atoms with van der Waals surface area (Å²) in [7, 11) is 1.69. The zero-order chi connectivity index (χ0) is 20.3. The van der Waals surface area contributed by atoms with E-state index in [1.54, 1.807) is 7.11 Å². The van der Waals surface area contributed by atoms with E-state index in [1.165, 1.54) is 11.1 Å². The van der Waals surface area contributed by atoms with Crippen molar-refractivity contribution in [2.75, 3.05) is 33.4 Å². The second-order valence-electron chi connectivity index (χ2n) is 7.35. The van der Waals surface area contributed by atoms with E-state index in [4.69, 9.17) is 14.5 Å². The smallest absolute Gasteiger partial charge is 0.191 e. The van der Waals surface area contributed by atoms with Crippen LogP contribution in [0.2, 0.25) is 0 Å². The third-order valence-electron chi connectivity index (χ3n) is 5.27. The molecule has 1 fully saturated rings. The van der Waals surface area contributed by atoms with Crippen molar-refractivity contribution >= 4 is 5.96 Å². The minimum atomic E-state index is 0.135. The molecule has 2 aromatic carbocycles. The van der Waals surface area contributed by atoms with Crippen LogP contribution in [0.4, 0.5) is 0 Å². The minimum absolute atomic E-state index is 0.135. The number of guanidine groups is 1. The highest BCUT2D eigenvalue weighted by Crippen LogP contribution is 2.33. The molecule has 0 amide bonds. The van der Waals surface area contributed by atoms with Gasteiger partial charge in [-0.05, 0) is 49.4 Å². The second-order valence-corrected chi connectivity index (χ2v) is 7.35. The zero-order valence-corrected chi connectivity index (χ0v) is 17.6. The van der Waals surface area contributed by atoms with Gasteiger partial charge < -0.3 is 20.1 Å². The van der Waals surface area contributed by atoms with Crippen LogP contribution in [0.25, 0.3) is 0 Å². The maximum absolute atomic E-state index is 6.11. The van der Waals surface area contributed by atoms with Crippen LogP contribution in [-0.2, 0) is 11.2 Å². The van der Waals surface area contributed by atoms with Crippen molar-refractivity contribution in [3.63, 3.8) is 0 Å². The summed E-state index contributed by atoms with van der Waals surface area (Å²) in [5, 5.41) is 6.82. The van der Waals surface area contributed by atoms with Crippen LogP contribution in [0, 0.1) is 5.92 Å². The first-order valence-electron chi connectivity index (χ1n) is 10.6. The molecule has 1 saturated heterocycles. The third kappa shape index (κ3) is 6.50. The summed E-state index contributed by atoms with van der Waals surface area (Å²) < 4.78 is 11.3. The van der Waals surface area contributed by atoms with Crippen LogP contribution in [0.15, 0.2) is 59.6 Å². The minimum Gasteiger partial charge on any atom is -0.497 e. The van der Waals surface area contributed by atoms with Gasteiger partial charge >= 0.3 is 0 Å². The lowest BCUT2D eigenvalue weighted by atomic mass is 9.89. The van der Waals surface area contributed by atoms with E-state index in [0.717, 1.165) is 57.2 Å². The Hall–Kier alpha value is -2.53. The van der Waals surface area contributed by atoms with Crippen LogP contribution < -0.4 is 15.4 Å². The van der Waals surface area contributed by atoms with Crippen molar-refractivity contribution in [1.82, 2.24) is 10.6 Å². The molecule has 2 unspecified atom stereocenters. The predicted molar refractivity (Wildman–Crippen MR) is 119 cm³/mol. The number of nitrogens with zero attached hydrogens (tertiary/aromatic N) is 1. The molecule has 2 aromatic rings. The molecule has 0 spiro atoms. The van der Waals surface area contributed by atoms with Crippen molar-refractivity contribution in [2.24, 2.45) is 10.9 Å². The molecule has 0 saturated carbocycles. The van der Waals surface area contributed by atoms with Crippen molar-refractivity contribution in [1.29, 1.82) is 0 Å². The van der Waals surface area contributed by atoms with Gasteiger partial charge in [0.05, 0.1) is 13.2 Å². The van der Waals surface area contributed by atoms with Gasteiger partial charge in [0, 0.05) is 32.2 Å². The number of nitrogens with one attached hydrogen (secondary N) is 2. The molecule has 2 N–H and O–H groups in total. The Morgan fingerprint density at radius 1 is 1.10 bits per heavy atom. The van der Waals surface area contributed by atoms with Gasteiger partial charge in [-0.15, -0.1) is 0 Å². The summed E-state index contributed by atoms with van der Waals surface area (Å²) >= 11 is 0. The highest BCUT2D eigenvalue weighted by atomic mass is 16.5. The van der Waals surface area contributed by atoms with Gasteiger partial charge in [0.15, 0.2) is 5.96 Å². The number of aliphatic imine (C=N–C) groups is 1. The monoisotopic (exact) mass is 395 g/mol. The van der Waals surface area contributed by atoms with Crippen molar-refractivity contribution < 1.29 is 9.47 Å². The number of ether oxygens (including phenoxy) is 2. The van der Waals surface area contributed by atoms with E-state index in [1.807, 2.05) is 12.1 Å². The Morgan fingerprint density at radius 3 is 2.62 bits per heavy atom. The zero-order valence-electron chi connectivity index (χ0n) is 17.6. The summed E-state index contributed by atoms with van der Waals surface area (Å²) in [6, 6.07) is 18.7. The Kier molecular flexibility index (Phi) is 8.38. The van der Waals surface area contributed by atoms with Crippen LogP contribution in [0.5, 0.6) is 5.75 Å². The molecular formula is C24H33N3O2. The van der Waals surface area contributed by atoms with Gasteiger partial charge in [-0.3, -0.25) is 4.99 Å². The molecule has 3 rings (SSSR count). The van der Waals surface area contributed by atoms with Crippen molar-refractivity contribution in [3.05, 3.63) is 65.7 Å². The summed E-state index contributed by atoms with van der Waals surface area (Å²) in [4.78, 5) is 4.87. The largest absolute Gasteiger partial charge is 0.497 e. The standard InChI is InChI=1S/C24H33N3O2/c1-3-25-24(26-16-15-19-11-13-22(28-2)14-12-19)27-18-21-10-7-17-29-23(21)20-8-5-4-6-9-20/h4-6,8-9,11-14,21,23H,3,7,10,15-18H2,1-2H3,(H2,25,26,27). The second kappa shape index (κ2) is 11.5. The number of benzene rings is 2. The van der Waals surface area contributed by atoms with E-state index in [0.29, 0.717) is 5.92 Å². The summed E-state index contributed by atoms with van der Waals surface area (Å²) in [6.45, 7) is 5.37. The van der Waals surface area contributed by atoms with Gasteiger partial charge in [0.1, 0.15) is 5.75 Å². The molecule has 156 valence electrons. The highest BCUT2D eigenvalue weighted by molar-refractivity contribution is 5.79. The van der Waals surface area contributed by atoms with Crippen molar-refractivity contribution in [3.8, 4) is 5.75 Å². The number of hydrogen-bond donors (Lipinski definition) is 2. The highest BCUT2D eigenvalue weighted by Gasteiger charge is 2.27. The quantitative estimate of drug-likeness (QED) is 0.525. The molecule has 1 aliphatic rings. The SMILES string of the molecule is CCNC(=NCC1CCCOC1c1ccccc1)NCCc1ccc(OC)cc1. The average Bonchev–Trinajstić information content (AvgIpc) is 2.79. The molecule has 5 nitrogen and oxygen atoms in total. The van der Waals surface area contributed by atoms with Gasteiger partial charge in [-0.1, -0.05) is 42.5 Å². The number of methoxy groups -OCH3 is 1. The Balaban J connectivity index is 1.55. The Bertz CT molecular complexity index is 746. The lowest BCUT2D eigenvalue weighted by molar-refractivity contribution is -0.0250. The van der Waals surface area contributed by atoms with E-state index >= 15 is 0 Å². The number of hydrogen-bond acceptors (Lipinski definition) is 3. The number of rotatable bonds is 8. The first-order chi connectivity index (χ1) is 14.3. The van der Waals surface area contributed by atoms with Crippen LogP contribution in [0.1, 0.15) is 37.0 Å². The van der Waals surface area contributed by atoms with E-state index in [9.17, 15) is 0 Å². The molecule has 1 heterocycles. The summed E-state index contributed by atoms with van der Waals surface area (Å²) in [5.74, 6) is 2.17.